The largest absolute Gasteiger partial charge is 0.354 e. The molecule has 7 heteroatoms. The standard InChI is InChI=1S/C10H14N2O3S2/c11-17(14,15)7-6-12-10(13)8-16-9-4-2-1-3-5-9/h1-5H,6-8H2,(H,12,13)(H2,11,14,15). The third-order valence-corrected chi connectivity index (χ3v) is 3.61. The number of hydrogen-bond donors (Lipinski definition) is 2. The fraction of sp³-hybridized carbons (Fsp3) is 0.300. The maximum Gasteiger partial charge on any atom is 0.230 e. The second-order valence-corrected chi connectivity index (χ2v) is 6.10. The van der Waals surface area contributed by atoms with Crippen molar-refractivity contribution >= 4 is 27.7 Å². The molecular formula is C10H14N2O3S2. The van der Waals surface area contributed by atoms with Gasteiger partial charge in [-0.05, 0) is 12.1 Å². The monoisotopic (exact) mass is 274 g/mol. The summed E-state index contributed by atoms with van der Waals surface area (Å²) in [6, 6.07) is 9.49. The van der Waals surface area contributed by atoms with E-state index in [9.17, 15) is 13.2 Å². The number of sulfonamides is 1. The molecule has 3 N–H and O–H groups in total. The van der Waals surface area contributed by atoms with Gasteiger partial charge < -0.3 is 5.32 Å². The van der Waals surface area contributed by atoms with Crippen LogP contribution in [0.15, 0.2) is 35.2 Å². The van der Waals surface area contributed by atoms with E-state index in [1.807, 2.05) is 30.3 Å². The number of carbonyl (C=O) groups excluding carboxylic acids is 1. The van der Waals surface area contributed by atoms with Gasteiger partial charge in [-0.15, -0.1) is 11.8 Å². The molecule has 0 heterocycles. The molecule has 0 saturated carbocycles. The Labute approximate surface area is 105 Å². The summed E-state index contributed by atoms with van der Waals surface area (Å²) in [5, 5.41) is 7.29. The molecule has 0 bridgehead atoms. The lowest BCUT2D eigenvalue weighted by Crippen LogP contribution is -2.32. The number of thioether (sulfide) groups is 1. The van der Waals surface area contributed by atoms with Crippen molar-refractivity contribution in [1.82, 2.24) is 5.32 Å². The van der Waals surface area contributed by atoms with Gasteiger partial charge in [0.15, 0.2) is 0 Å². The molecule has 94 valence electrons. The minimum absolute atomic E-state index is 0.0486. The lowest BCUT2D eigenvalue weighted by atomic mass is 10.4. The lowest BCUT2D eigenvalue weighted by molar-refractivity contribution is -0.118. The average molecular weight is 274 g/mol. The molecule has 17 heavy (non-hydrogen) atoms. The summed E-state index contributed by atoms with van der Waals surface area (Å²) in [5.41, 5.74) is 0. The van der Waals surface area contributed by atoms with Crippen molar-refractivity contribution in [3.8, 4) is 0 Å². The van der Waals surface area contributed by atoms with Gasteiger partial charge in [-0.1, -0.05) is 18.2 Å². The van der Waals surface area contributed by atoms with E-state index in [-0.39, 0.29) is 24.0 Å². The van der Waals surface area contributed by atoms with Gasteiger partial charge in [0.2, 0.25) is 15.9 Å². The van der Waals surface area contributed by atoms with Crippen LogP contribution in [0.1, 0.15) is 0 Å². The first-order valence-corrected chi connectivity index (χ1v) is 7.62. The molecule has 0 radical (unpaired) electrons. The first kappa shape index (κ1) is 14.0. The van der Waals surface area contributed by atoms with E-state index >= 15 is 0 Å². The maximum atomic E-state index is 11.3. The van der Waals surface area contributed by atoms with E-state index in [0.29, 0.717) is 0 Å². The molecule has 1 amide bonds. The predicted octanol–water partition coefficient (Wildman–Crippen LogP) is 0.183. The third-order valence-electron chi connectivity index (χ3n) is 1.82. The first-order valence-electron chi connectivity index (χ1n) is 4.92. The SMILES string of the molecule is NS(=O)(=O)CCNC(=O)CSc1ccccc1. The fourth-order valence-corrected chi connectivity index (χ4v) is 2.19. The highest BCUT2D eigenvalue weighted by molar-refractivity contribution is 8.00. The van der Waals surface area contributed by atoms with Crippen LogP contribution in [0.2, 0.25) is 0 Å². The summed E-state index contributed by atoms with van der Waals surface area (Å²) in [5.74, 6) is -0.189. The van der Waals surface area contributed by atoms with Gasteiger partial charge >= 0.3 is 0 Å². The van der Waals surface area contributed by atoms with Crippen molar-refractivity contribution in [2.45, 2.75) is 4.90 Å². The summed E-state index contributed by atoms with van der Waals surface area (Å²) >= 11 is 1.39. The van der Waals surface area contributed by atoms with Gasteiger partial charge in [0.1, 0.15) is 0 Å². The highest BCUT2D eigenvalue weighted by Crippen LogP contribution is 2.15. The van der Waals surface area contributed by atoms with Crippen LogP contribution in [0.3, 0.4) is 0 Å². The molecule has 1 aromatic rings. The van der Waals surface area contributed by atoms with Crippen molar-refractivity contribution in [1.29, 1.82) is 0 Å². The van der Waals surface area contributed by atoms with Crippen molar-refractivity contribution < 1.29 is 13.2 Å². The molecule has 5 nitrogen and oxygen atoms in total. The molecule has 0 aliphatic heterocycles. The number of benzene rings is 1. The van der Waals surface area contributed by atoms with Crippen LogP contribution < -0.4 is 10.5 Å². The number of carbonyl (C=O) groups is 1. The second-order valence-electron chi connectivity index (χ2n) is 3.32. The molecule has 0 spiro atoms. The average Bonchev–Trinajstić information content (AvgIpc) is 2.26. The van der Waals surface area contributed by atoms with Gasteiger partial charge in [0.25, 0.3) is 0 Å². The van der Waals surface area contributed by atoms with E-state index < -0.39 is 10.0 Å². The highest BCUT2D eigenvalue weighted by atomic mass is 32.2. The van der Waals surface area contributed by atoms with E-state index in [1.54, 1.807) is 0 Å². The van der Waals surface area contributed by atoms with E-state index in [4.69, 9.17) is 5.14 Å². The number of amides is 1. The number of hydrogen-bond acceptors (Lipinski definition) is 4. The van der Waals surface area contributed by atoms with Crippen LogP contribution in [-0.4, -0.2) is 32.4 Å². The quantitative estimate of drug-likeness (QED) is 0.724. The summed E-state index contributed by atoms with van der Waals surface area (Å²) in [4.78, 5) is 12.3. The Morgan fingerprint density at radius 3 is 2.53 bits per heavy atom. The van der Waals surface area contributed by atoms with Gasteiger partial charge in [-0.25, -0.2) is 13.6 Å². The molecule has 0 aliphatic carbocycles. The lowest BCUT2D eigenvalue weighted by Gasteiger charge is -2.04. The van der Waals surface area contributed by atoms with Crippen molar-refractivity contribution in [2.24, 2.45) is 5.14 Å². The van der Waals surface area contributed by atoms with Crippen molar-refractivity contribution in [3.63, 3.8) is 0 Å². The number of primary sulfonamides is 1. The van der Waals surface area contributed by atoms with Crippen LogP contribution in [-0.2, 0) is 14.8 Å². The van der Waals surface area contributed by atoms with Crippen molar-refractivity contribution in [3.05, 3.63) is 30.3 Å². The second kappa shape index (κ2) is 6.63. The summed E-state index contributed by atoms with van der Waals surface area (Å²) in [6.45, 7) is 0.0486. The van der Waals surface area contributed by atoms with Crippen LogP contribution in [0.25, 0.3) is 0 Å². The molecule has 0 atom stereocenters. The zero-order chi connectivity index (χ0) is 12.7. The zero-order valence-electron chi connectivity index (χ0n) is 9.13. The Morgan fingerprint density at radius 2 is 1.94 bits per heavy atom. The van der Waals surface area contributed by atoms with Crippen LogP contribution in [0, 0.1) is 0 Å². The van der Waals surface area contributed by atoms with Gasteiger partial charge in [-0.2, -0.15) is 0 Å². The maximum absolute atomic E-state index is 11.3. The van der Waals surface area contributed by atoms with Crippen LogP contribution >= 0.6 is 11.8 Å². The number of nitrogens with two attached hydrogens (primary N) is 1. The summed E-state index contributed by atoms with van der Waals surface area (Å²) < 4.78 is 21.2. The molecule has 0 aliphatic rings. The Bertz CT molecular complexity index is 460. The highest BCUT2D eigenvalue weighted by Gasteiger charge is 2.05. The van der Waals surface area contributed by atoms with Crippen LogP contribution in [0.5, 0.6) is 0 Å². The molecule has 0 unspecified atom stereocenters. The Balaban J connectivity index is 2.22. The normalized spacial score (nSPS) is 11.1. The minimum Gasteiger partial charge on any atom is -0.354 e. The predicted molar refractivity (Wildman–Crippen MR) is 68.1 cm³/mol. The Morgan fingerprint density at radius 1 is 1.29 bits per heavy atom. The first-order chi connectivity index (χ1) is 7.97. The zero-order valence-corrected chi connectivity index (χ0v) is 10.8. The van der Waals surface area contributed by atoms with Gasteiger partial charge in [0, 0.05) is 11.4 Å². The Hall–Kier alpha value is -1.05. The van der Waals surface area contributed by atoms with E-state index in [2.05, 4.69) is 5.32 Å². The summed E-state index contributed by atoms with van der Waals surface area (Å²) in [6.07, 6.45) is 0. The van der Waals surface area contributed by atoms with Gasteiger partial charge in [-0.3, -0.25) is 4.79 Å². The molecule has 0 aromatic heterocycles. The van der Waals surface area contributed by atoms with Crippen molar-refractivity contribution in [2.75, 3.05) is 18.1 Å². The van der Waals surface area contributed by atoms with Crippen LogP contribution in [0.4, 0.5) is 0 Å². The molecule has 1 aromatic carbocycles. The number of rotatable bonds is 6. The minimum atomic E-state index is -3.51. The molecular weight excluding hydrogens is 260 g/mol. The fourth-order valence-electron chi connectivity index (χ4n) is 1.05. The Kier molecular flexibility index (Phi) is 5.46. The van der Waals surface area contributed by atoms with E-state index in [0.717, 1.165) is 4.90 Å². The molecule has 0 fully saturated rings. The molecule has 0 saturated heterocycles. The van der Waals surface area contributed by atoms with Gasteiger partial charge in [0.05, 0.1) is 11.5 Å². The number of nitrogens with one attached hydrogen (secondary N) is 1. The summed E-state index contributed by atoms with van der Waals surface area (Å²) in [7, 11) is -3.51. The third kappa shape index (κ3) is 6.98. The topological polar surface area (TPSA) is 89.3 Å². The molecule has 1 rings (SSSR count). The smallest absolute Gasteiger partial charge is 0.230 e. The van der Waals surface area contributed by atoms with E-state index in [1.165, 1.54) is 11.8 Å².